The van der Waals surface area contributed by atoms with E-state index in [2.05, 4.69) is 48.7 Å². The van der Waals surface area contributed by atoms with Crippen molar-refractivity contribution in [1.82, 2.24) is 10.6 Å². The van der Waals surface area contributed by atoms with Gasteiger partial charge in [-0.15, -0.1) is 0 Å². The number of benzene rings is 1. The van der Waals surface area contributed by atoms with E-state index in [1.54, 1.807) is 0 Å². The molecule has 0 atom stereocenters. The summed E-state index contributed by atoms with van der Waals surface area (Å²) < 4.78 is 5.65. The Balaban J connectivity index is 1.57. The second-order valence-corrected chi connectivity index (χ2v) is 6.28. The number of rotatable bonds is 8. The van der Waals surface area contributed by atoms with Gasteiger partial charge in [0.05, 0.1) is 6.10 Å². The van der Waals surface area contributed by atoms with E-state index < -0.39 is 0 Å². The molecule has 0 unspecified atom stereocenters. The summed E-state index contributed by atoms with van der Waals surface area (Å²) in [7, 11) is 0. The molecule has 1 aromatic carbocycles. The van der Waals surface area contributed by atoms with Gasteiger partial charge in [0.25, 0.3) is 0 Å². The van der Waals surface area contributed by atoms with E-state index in [0.717, 1.165) is 31.4 Å². The van der Waals surface area contributed by atoms with Gasteiger partial charge in [0.2, 0.25) is 0 Å². The van der Waals surface area contributed by atoms with Crippen molar-refractivity contribution in [2.45, 2.75) is 64.6 Å². The van der Waals surface area contributed by atoms with E-state index >= 15 is 0 Å². The van der Waals surface area contributed by atoms with Crippen LogP contribution in [0.15, 0.2) is 24.3 Å². The van der Waals surface area contributed by atoms with Crippen LogP contribution >= 0.6 is 0 Å². The van der Waals surface area contributed by atoms with Crippen molar-refractivity contribution in [1.29, 1.82) is 0 Å². The zero-order valence-electron chi connectivity index (χ0n) is 13.5. The smallest absolute Gasteiger partial charge is 0.119 e. The Labute approximate surface area is 129 Å². The van der Waals surface area contributed by atoms with Gasteiger partial charge in [0.15, 0.2) is 0 Å². The molecule has 1 aliphatic rings. The molecule has 2 N–H and O–H groups in total. The van der Waals surface area contributed by atoms with Crippen LogP contribution in [0.3, 0.4) is 0 Å². The van der Waals surface area contributed by atoms with Crippen LogP contribution in [-0.2, 0) is 6.54 Å². The minimum atomic E-state index is 0.236. The Kier molecular flexibility index (Phi) is 7.04. The average Bonchev–Trinajstić information content (AvgIpc) is 2.49. The van der Waals surface area contributed by atoms with Crippen LogP contribution in [0.4, 0.5) is 0 Å². The van der Waals surface area contributed by atoms with Gasteiger partial charge in [-0.25, -0.2) is 0 Å². The van der Waals surface area contributed by atoms with Gasteiger partial charge in [0, 0.05) is 25.7 Å². The monoisotopic (exact) mass is 290 g/mol. The first kappa shape index (κ1) is 16.3. The molecule has 2 rings (SSSR count). The third-order valence-electron chi connectivity index (χ3n) is 3.96. The molecule has 0 aromatic heterocycles. The highest BCUT2D eigenvalue weighted by Gasteiger charge is 2.11. The molecule has 0 heterocycles. The molecule has 0 aliphatic heterocycles. The predicted octanol–water partition coefficient (Wildman–Crippen LogP) is 3.49. The van der Waals surface area contributed by atoms with Crippen LogP contribution in [0, 0.1) is 0 Å². The molecule has 1 fully saturated rings. The SMILES string of the molecule is CC(C)Oc1ccc(CNCCNC2CCCCC2)cc1. The Morgan fingerprint density at radius 1 is 1.05 bits per heavy atom. The van der Waals surface area contributed by atoms with Crippen LogP contribution in [0.25, 0.3) is 0 Å². The molecule has 3 nitrogen and oxygen atoms in total. The van der Waals surface area contributed by atoms with E-state index in [0.29, 0.717) is 0 Å². The maximum absolute atomic E-state index is 5.65. The van der Waals surface area contributed by atoms with Gasteiger partial charge in [-0.2, -0.15) is 0 Å². The number of hydrogen-bond acceptors (Lipinski definition) is 3. The third kappa shape index (κ3) is 6.49. The van der Waals surface area contributed by atoms with Crippen molar-refractivity contribution in [2.75, 3.05) is 13.1 Å². The first-order valence-electron chi connectivity index (χ1n) is 8.44. The largest absolute Gasteiger partial charge is 0.491 e. The standard InChI is InChI=1S/C18H30N2O/c1-15(2)21-18-10-8-16(9-11-18)14-19-12-13-20-17-6-4-3-5-7-17/h8-11,15,17,19-20H,3-7,12-14H2,1-2H3. The molecular weight excluding hydrogens is 260 g/mol. The van der Waals surface area contributed by atoms with Crippen LogP contribution in [0.5, 0.6) is 5.75 Å². The zero-order chi connectivity index (χ0) is 14.9. The lowest BCUT2D eigenvalue weighted by molar-refractivity contribution is 0.242. The van der Waals surface area contributed by atoms with E-state index in [1.807, 2.05) is 0 Å². The number of ether oxygens (including phenoxy) is 1. The first-order valence-corrected chi connectivity index (χ1v) is 8.44. The normalized spacial score (nSPS) is 16.3. The average molecular weight is 290 g/mol. The molecule has 118 valence electrons. The molecule has 1 aromatic rings. The van der Waals surface area contributed by atoms with E-state index in [9.17, 15) is 0 Å². The van der Waals surface area contributed by atoms with Gasteiger partial charge < -0.3 is 15.4 Å². The predicted molar refractivity (Wildman–Crippen MR) is 88.8 cm³/mol. The van der Waals surface area contributed by atoms with Crippen molar-refractivity contribution in [2.24, 2.45) is 0 Å². The second-order valence-electron chi connectivity index (χ2n) is 6.28. The molecule has 1 saturated carbocycles. The lowest BCUT2D eigenvalue weighted by Gasteiger charge is -2.22. The highest BCUT2D eigenvalue weighted by atomic mass is 16.5. The van der Waals surface area contributed by atoms with E-state index in [4.69, 9.17) is 4.74 Å². The molecule has 21 heavy (non-hydrogen) atoms. The van der Waals surface area contributed by atoms with Crippen molar-refractivity contribution in [3.8, 4) is 5.75 Å². The molecule has 0 spiro atoms. The Bertz CT molecular complexity index is 383. The minimum absolute atomic E-state index is 0.236. The summed E-state index contributed by atoms with van der Waals surface area (Å²) in [5.41, 5.74) is 1.31. The lowest BCUT2D eigenvalue weighted by Crippen LogP contribution is -2.36. The van der Waals surface area contributed by atoms with Crippen molar-refractivity contribution < 1.29 is 4.74 Å². The van der Waals surface area contributed by atoms with Crippen molar-refractivity contribution in [3.63, 3.8) is 0 Å². The fourth-order valence-corrected chi connectivity index (χ4v) is 2.86. The van der Waals surface area contributed by atoms with Crippen LogP contribution in [0.2, 0.25) is 0 Å². The highest BCUT2D eigenvalue weighted by molar-refractivity contribution is 5.27. The van der Waals surface area contributed by atoms with Gasteiger partial charge in [-0.3, -0.25) is 0 Å². The molecule has 3 heteroatoms. The maximum atomic E-state index is 5.65. The molecule has 0 bridgehead atoms. The lowest BCUT2D eigenvalue weighted by atomic mass is 9.95. The summed E-state index contributed by atoms with van der Waals surface area (Å²) in [5.74, 6) is 0.952. The Morgan fingerprint density at radius 3 is 2.43 bits per heavy atom. The summed E-state index contributed by atoms with van der Waals surface area (Å²) in [6, 6.07) is 9.14. The summed E-state index contributed by atoms with van der Waals surface area (Å²) in [4.78, 5) is 0. The summed E-state index contributed by atoms with van der Waals surface area (Å²) in [6.45, 7) is 7.12. The third-order valence-corrected chi connectivity index (χ3v) is 3.96. The van der Waals surface area contributed by atoms with Gasteiger partial charge in [0.1, 0.15) is 5.75 Å². The van der Waals surface area contributed by atoms with Gasteiger partial charge >= 0.3 is 0 Å². The number of nitrogens with one attached hydrogen (secondary N) is 2. The quantitative estimate of drug-likeness (QED) is 0.719. The van der Waals surface area contributed by atoms with E-state index in [1.165, 1.54) is 37.7 Å². The second kappa shape index (κ2) is 9.06. The van der Waals surface area contributed by atoms with Gasteiger partial charge in [-0.1, -0.05) is 31.4 Å². The topological polar surface area (TPSA) is 33.3 Å². The van der Waals surface area contributed by atoms with Crippen LogP contribution in [-0.4, -0.2) is 25.2 Å². The summed E-state index contributed by atoms with van der Waals surface area (Å²) >= 11 is 0. The summed E-state index contributed by atoms with van der Waals surface area (Å²) in [6.07, 6.45) is 7.17. The molecule has 0 saturated heterocycles. The molecule has 1 aliphatic carbocycles. The van der Waals surface area contributed by atoms with Crippen molar-refractivity contribution in [3.05, 3.63) is 29.8 Å². The Hall–Kier alpha value is -1.06. The zero-order valence-corrected chi connectivity index (χ0v) is 13.5. The van der Waals surface area contributed by atoms with Crippen LogP contribution in [0.1, 0.15) is 51.5 Å². The molecular formula is C18H30N2O. The first-order chi connectivity index (χ1) is 10.2. The van der Waals surface area contributed by atoms with Gasteiger partial charge in [-0.05, 0) is 44.4 Å². The van der Waals surface area contributed by atoms with Crippen LogP contribution < -0.4 is 15.4 Å². The fraction of sp³-hybridized carbons (Fsp3) is 0.667. The molecule has 0 radical (unpaired) electrons. The van der Waals surface area contributed by atoms with E-state index in [-0.39, 0.29) is 6.10 Å². The minimum Gasteiger partial charge on any atom is -0.491 e. The Morgan fingerprint density at radius 2 is 1.76 bits per heavy atom. The fourth-order valence-electron chi connectivity index (χ4n) is 2.86. The van der Waals surface area contributed by atoms with Crippen molar-refractivity contribution >= 4 is 0 Å². The number of hydrogen-bond donors (Lipinski definition) is 2. The highest BCUT2D eigenvalue weighted by Crippen LogP contribution is 2.17. The summed E-state index contributed by atoms with van der Waals surface area (Å²) in [5, 5.41) is 7.15. The molecule has 0 amide bonds. The maximum Gasteiger partial charge on any atom is 0.119 e.